The Bertz CT molecular complexity index is 1110. The van der Waals surface area contributed by atoms with Gasteiger partial charge in [-0.2, -0.15) is 16.8 Å². The van der Waals surface area contributed by atoms with Crippen LogP contribution in [0.2, 0.25) is 0 Å². The van der Waals surface area contributed by atoms with E-state index in [0.29, 0.717) is 75.9 Å². The van der Waals surface area contributed by atoms with Gasteiger partial charge in [0.2, 0.25) is 0 Å². The quantitative estimate of drug-likeness (QED) is 0.124. The van der Waals surface area contributed by atoms with Gasteiger partial charge in [0.25, 0.3) is 20.2 Å². The highest BCUT2D eigenvalue weighted by atomic mass is 32.2. The summed E-state index contributed by atoms with van der Waals surface area (Å²) in [6, 6.07) is 14.1. The van der Waals surface area contributed by atoms with Crippen molar-refractivity contribution in [2.24, 2.45) is 0 Å². The molecule has 232 valence electrons. The van der Waals surface area contributed by atoms with E-state index in [1.807, 2.05) is 0 Å². The molecular formula is C26H38O13S2. The number of hydrogen-bond donors (Lipinski definition) is 0. The molecule has 0 saturated heterocycles. The monoisotopic (exact) mass is 622 g/mol. The largest absolute Gasteiger partial charge is 0.487 e. The molecule has 0 atom stereocenters. The van der Waals surface area contributed by atoms with E-state index in [9.17, 15) is 16.8 Å². The Hall–Kier alpha value is -2.66. The predicted molar refractivity (Wildman–Crippen MR) is 149 cm³/mol. The highest BCUT2D eigenvalue weighted by molar-refractivity contribution is 7.86. The van der Waals surface area contributed by atoms with Gasteiger partial charge in [0.05, 0.1) is 52.2 Å². The molecule has 0 N–H and O–H groups in total. The number of hydrogen-bond acceptors (Lipinski definition) is 13. The van der Waals surface area contributed by atoms with E-state index in [1.54, 1.807) is 48.5 Å². The maximum atomic E-state index is 11.0. The summed E-state index contributed by atoms with van der Waals surface area (Å²) in [7, 11) is -7.02. The maximum absolute atomic E-state index is 11.0. The summed E-state index contributed by atoms with van der Waals surface area (Å²) in [5.74, 6) is 1.99. The van der Waals surface area contributed by atoms with Crippen molar-refractivity contribution >= 4 is 20.2 Å². The molecule has 0 saturated carbocycles. The van der Waals surface area contributed by atoms with Crippen LogP contribution in [0.1, 0.15) is 0 Å². The molecule has 0 aromatic heterocycles. The first-order chi connectivity index (χ1) is 19.6. The van der Waals surface area contributed by atoms with Crippen molar-refractivity contribution in [3.63, 3.8) is 0 Å². The summed E-state index contributed by atoms with van der Waals surface area (Å²) in [5, 5.41) is 0. The fourth-order valence-corrected chi connectivity index (χ4v) is 3.76. The van der Waals surface area contributed by atoms with Gasteiger partial charge in [0.15, 0.2) is 23.0 Å². The summed E-state index contributed by atoms with van der Waals surface area (Å²) in [5.41, 5.74) is 0. The minimum atomic E-state index is -3.51. The number of ether oxygens (including phenoxy) is 7. The Balaban J connectivity index is 1.46. The van der Waals surface area contributed by atoms with Crippen LogP contribution < -0.4 is 18.9 Å². The van der Waals surface area contributed by atoms with Crippen LogP contribution in [0.3, 0.4) is 0 Å². The van der Waals surface area contributed by atoms with Crippen molar-refractivity contribution in [1.29, 1.82) is 0 Å². The van der Waals surface area contributed by atoms with Gasteiger partial charge in [-0.15, -0.1) is 0 Å². The van der Waals surface area contributed by atoms with E-state index < -0.39 is 20.2 Å². The first kappa shape index (κ1) is 34.5. The Morgan fingerprint density at radius 2 is 0.659 bits per heavy atom. The molecule has 0 heterocycles. The molecule has 2 aromatic rings. The number of para-hydroxylation sites is 4. The van der Waals surface area contributed by atoms with Crippen LogP contribution in [0.5, 0.6) is 23.0 Å². The van der Waals surface area contributed by atoms with Crippen LogP contribution in [0.4, 0.5) is 0 Å². The van der Waals surface area contributed by atoms with Crippen molar-refractivity contribution in [1.82, 2.24) is 0 Å². The lowest BCUT2D eigenvalue weighted by atomic mass is 10.3. The topological polar surface area (TPSA) is 151 Å². The minimum Gasteiger partial charge on any atom is -0.487 e. The Morgan fingerprint density at radius 3 is 0.927 bits per heavy atom. The van der Waals surface area contributed by atoms with E-state index >= 15 is 0 Å². The predicted octanol–water partition coefficient (Wildman–Crippen LogP) is 1.90. The van der Waals surface area contributed by atoms with E-state index in [0.717, 1.165) is 12.5 Å². The third kappa shape index (κ3) is 17.7. The lowest BCUT2D eigenvalue weighted by Gasteiger charge is -2.13. The highest BCUT2D eigenvalue weighted by Gasteiger charge is 2.07. The second kappa shape index (κ2) is 19.5. The van der Waals surface area contributed by atoms with E-state index in [1.165, 1.54) is 0 Å². The first-order valence-electron chi connectivity index (χ1n) is 12.8. The average molecular weight is 623 g/mol. The van der Waals surface area contributed by atoms with Crippen molar-refractivity contribution in [3.8, 4) is 23.0 Å². The molecule has 0 fully saturated rings. The van der Waals surface area contributed by atoms with Gasteiger partial charge in [-0.05, 0) is 24.3 Å². The summed E-state index contributed by atoms with van der Waals surface area (Å²) >= 11 is 0. The third-order valence-corrected chi connectivity index (χ3v) is 5.88. The van der Waals surface area contributed by atoms with Gasteiger partial charge in [0.1, 0.15) is 39.6 Å². The van der Waals surface area contributed by atoms with Crippen LogP contribution in [-0.2, 0) is 42.8 Å². The molecule has 41 heavy (non-hydrogen) atoms. The zero-order valence-electron chi connectivity index (χ0n) is 23.2. The van der Waals surface area contributed by atoms with Crippen molar-refractivity contribution in [3.05, 3.63) is 48.5 Å². The lowest BCUT2D eigenvalue weighted by Crippen LogP contribution is -2.15. The van der Waals surface area contributed by atoms with Gasteiger partial charge in [-0.3, -0.25) is 8.37 Å². The zero-order valence-corrected chi connectivity index (χ0v) is 24.9. The smallest absolute Gasteiger partial charge is 0.264 e. The summed E-state index contributed by atoms with van der Waals surface area (Å²) in [6.45, 7) is 2.80. The first-order valence-corrected chi connectivity index (χ1v) is 16.4. The normalized spacial score (nSPS) is 11.8. The van der Waals surface area contributed by atoms with Crippen LogP contribution in [-0.4, -0.2) is 109 Å². The molecule has 2 rings (SSSR count). The standard InChI is InChI=1S/C26H38O13S2/c1-40(27,28)38-21-19-36-25-9-5-3-7-23(25)34-17-15-32-13-11-31-12-14-33-16-18-35-24-8-4-6-10-26(24)37-20-22-39-41(2,29)30/h3-10H,11-22H2,1-2H3. The van der Waals surface area contributed by atoms with Gasteiger partial charge in [0, 0.05) is 0 Å². The molecule has 0 aliphatic rings. The van der Waals surface area contributed by atoms with Gasteiger partial charge in [-0.25, -0.2) is 0 Å². The second-order valence-electron chi connectivity index (χ2n) is 8.18. The average Bonchev–Trinajstić information content (AvgIpc) is 2.92. The molecule has 0 aliphatic heterocycles. The summed E-state index contributed by atoms with van der Waals surface area (Å²) in [4.78, 5) is 0. The molecule has 2 aromatic carbocycles. The van der Waals surface area contributed by atoms with E-state index in [-0.39, 0.29) is 26.4 Å². The van der Waals surface area contributed by atoms with Crippen LogP contribution in [0.25, 0.3) is 0 Å². The molecule has 0 bridgehead atoms. The fourth-order valence-electron chi connectivity index (χ4n) is 3.01. The highest BCUT2D eigenvalue weighted by Crippen LogP contribution is 2.27. The van der Waals surface area contributed by atoms with Crippen LogP contribution in [0.15, 0.2) is 48.5 Å². The number of benzene rings is 2. The lowest BCUT2D eigenvalue weighted by molar-refractivity contribution is 0.00472. The molecular weight excluding hydrogens is 584 g/mol. The van der Waals surface area contributed by atoms with Crippen LogP contribution >= 0.6 is 0 Å². The van der Waals surface area contributed by atoms with Crippen molar-refractivity contribution < 1.29 is 58.4 Å². The van der Waals surface area contributed by atoms with Gasteiger partial charge >= 0.3 is 0 Å². The van der Waals surface area contributed by atoms with E-state index in [2.05, 4.69) is 8.37 Å². The van der Waals surface area contributed by atoms with E-state index in [4.69, 9.17) is 33.2 Å². The molecule has 0 radical (unpaired) electrons. The molecule has 15 heteroatoms. The zero-order chi connectivity index (χ0) is 29.8. The SMILES string of the molecule is CS(=O)(=O)OCCOc1ccccc1OCCOCCOCCOCCOc1ccccc1OCCOS(C)(=O)=O. The third-order valence-electron chi connectivity index (χ3n) is 4.69. The molecule has 0 unspecified atom stereocenters. The van der Waals surface area contributed by atoms with Crippen molar-refractivity contribution in [2.75, 3.05) is 91.8 Å². The Labute approximate surface area is 241 Å². The second-order valence-corrected chi connectivity index (χ2v) is 11.5. The molecule has 0 spiro atoms. The maximum Gasteiger partial charge on any atom is 0.264 e. The molecule has 0 amide bonds. The van der Waals surface area contributed by atoms with Gasteiger partial charge in [-0.1, -0.05) is 24.3 Å². The van der Waals surface area contributed by atoms with Gasteiger partial charge < -0.3 is 33.2 Å². The minimum absolute atomic E-state index is 0.0631. The summed E-state index contributed by atoms with van der Waals surface area (Å²) < 4.78 is 92.2. The summed E-state index contributed by atoms with van der Waals surface area (Å²) in [6.07, 6.45) is 1.96. The molecule has 13 nitrogen and oxygen atoms in total. The Kier molecular flexibility index (Phi) is 16.4. The van der Waals surface area contributed by atoms with Crippen LogP contribution in [0, 0.1) is 0 Å². The number of rotatable bonds is 24. The molecule has 0 aliphatic carbocycles. The fraction of sp³-hybridized carbons (Fsp3) is 0.538. The van der Waals surface area contributed by atoms with Crippen molar-refractivity contribution in [2.45, 2.75) is 0 Å². The Morgan fingerprint density at radius 1 is 0.415 bits per heavy atom.